The largest absolute Gasteiger partial charge is 0.486 e. The Labute approximate surface area is 165 Å². The lowest BCUT2D eigenvalue weighted by atomic mass is 9.81. The first-order chi connectivity index (χ1) is 13.6. The summed E-state index contributed by atoms with van der Waals surface area (Å²) in [6.07, 6.45) is 2.13. The smallest absolute Gasteiger partial charge is 0.287 e. The molecule has 0 unspecified atom stereocenters. The number of furan rings is 1. The zero-order valence-electron chi connectivity index (χ0n) is 16.2. The van der Waals surface area contributed by atoms with Crippen molar-refractivity contribution in [2.75, 3.05) is 19.6 Å². The van der Waals surface area contributed by atoms with Crippen molar-refractivity contribution < 1.29 is 13.9 Å². The first-order valence-electron chi connectivity index (χ1n) is 9.81. The van der Waals surface area contributed by atoms with Crippen LogP contribution in [0.1, 0.15) is 36.1 Å². The number of nitrogens with one attached hydrogen (secondary N) is 2. The second-order valence-corrected chi connectivity index (χ2v) is 7.81. The molecule has 5 heteroatoms. The van der Waals surface area contributed by atoms with E-state index in [1.807, 2.05) is 30.3 Å². The molecule has 2 heterocycles. The summed E-state index contributed by atoms with van der Waals surface area (Å²) in [7, 11) is 0. The highest BCUT2D eigenvalue weighted by atomic mass is 16.5. The van der Waals surface area contributed by atoms with Crippen LogP contribution in [0.2, 0.25) is 0 Å². The maximum atomic E-state index is 12.4. The van der Waals surface area contributed by atoms with Crippen molar-refractivity contribution in [3.63, 3.8) is 0 Å². The van der Waals surface area contributed by atoms with E-state index in [1.54, 1.807) is 12.1 Å². The predicted molar refractivity (Wildman–Crippen MR) is 110 cm³/mol. The predicted octanol–water partition coefficient (Wildman–Crippen LogP) is 4.13. The van der Waals surface area contributed by atoms with Crippen LogP contribution in [0.15, 0.2) is 59.0 Å². The molecule has 2 aromatic carbocycles. The van der Waals surface area contributed by atoms with Gasteiger partial charge in [-0.25, -0.2) is 0 Å². The molecule has 146 valence electrons. The summed E-state index contributed by atoms with van der Waals surface area (Å²) < 4.78 is 11.5. The number of hydrogen-bond acceptors (Lipinski definition) is 4. The van der Waals surface area contributed by atoms with Gasteiger partial charge in [0.05, 0.1) is 0 Å². The zero-order valence-corrected chi connectivity index (χ0v) is 16.2. The van der Waals surface area contributed by atoms with E-state index >= 15 is 0 Å². The maximum Gasteiger partial charge on any atom is 0.287 e. The van der Waals surface area contributed by atoms with Gasteiger partial charge in [-0.2, -0.15) is 0 Å². The van der Waals surface area contributed by atoms with Crippen LogP contribution in [0, 0.1) is 5.41 Å². The normalized spacial score (nSPS) is 16.0. The minimum absolute atomic E-state index is 0.148. The average Bonchev–Trinajstić information content (AvgIpc) is 3.20. The summed E-state index contributed by atoms with van der Waals surface area (Å²) in [5, 5.41) is 8.68. The van der Waals surface area contributed by atoms with E-state index < -0.39 is 0 Å². The van der Waals surface area contributed by atoms with Crippen LogP contribution in [0.4, 0.5) is 0 Å². The van der Waals surface area contributed by atoms with Crippen LogP contribution in [0.25, 0.3) is 10.8 Å². The van der Waals surface area contributed by atoms with Crippen molar-refractivity contribution in [2.45, 2.75) is 26.4 Å². The summed E-state index contributed by atoms with van der Waals surface area (Å²) in [6.45, 7) is 5.18. The minimum atomic E-state index is -0.170. The summed E-state index contributed by atoms with van der Waals surface area (Å²) in [5.74, 6) is 1.57. The van der Waals surface area contributed by atoms with E-state index in [9.17, 15) is 4.79 Å². The van der Waals surface area contributed by atoms with Crippen molar-refractivity contribution >= 4 is 16.7 Å². The Morgan fingerprint density at radius 3 is 2.71 bits per heavy atom. The molecule has 3 aromatic rings. The molecule has 0 radical (unpaired) electrons. The number of piperidine rings is 1. The Balaban J connectivity index is 1.32. The minimum Gasteiger partial charge on any atom is -0.486 e. The number of carbonyl (C=O) groups is 1. The van der Waals surface area contributed by atoms with Gasteiger partial charge in [0.1, 0.15) is 18.1 Å². The third-order valence-electron chi connectivity index (χ3n) is 5.47. The van der Waals surface area contributed by atoms with E-state index in [4.69, 9.17) is 9.15 Å². The molecule has 0 aliphatic carbocycles. The Morgan fingerprint density at radius 2 is 1.89 bits per heavy atom. The lowest BCUT2D eigenvalue weighted by molar-refractivity contribution is 0.0890. The number of ether oxygens (including phenoxy) is 1. The van der Waals surface area contributed by atoms with E-state index in [-0.39, 0.29) is 17.9 Å². The Kier molecular flexibility index (Phi) is 5.35. The summed E-state index contributed by atoms with van der Waals surface area (Å²) >= 11 is 0. The van der Waals surface area contributed by atoms with Crippen LogP contribution in [0.3, 0.4) is 0 Å². The lowest BCUT2D eigenvalue weighted by Gasteiger charge is -2.33. The quantitative estimate of drug-likeness (QED) is 0.677. The highest BCUT2D eigenvalue weighted by Gasteiger charge is 2.27. The van der Waals surface area contributed by atoms with Gasteiger partial charge in [0, 0.05) is 6.54 Å². The molecule has 1 amide bonds. The summed E-state index contributed by atoms with van der Waals surface area (Å²) in [5.41, 5.74) is 0.148. The SMILES string of the molecule is CC1(CNC(=O)c2ccc(COc3ccc4ccccc4c3)o2)CCNCC1. The van der Waals surface area contributed by atoms with Crippen molar-refractivity contribution in [1.29, 1.82) is 0 Å². The molecule has 4 rings (SSSR count). The molecule has 0 saturated carbocycles. The molecule has 2 N–H and O–H groups in total. The van der Waals surface area contributed by atoms with E-state index in [2.05, 4.69) is 29.7 Å². The molecule has 28 heavy (non-hydrogen) atoms. The van der Waals surface area contributed by atoms with Gasteiger partial charge in [-0.05, 0) is 66.4 Å². The van der Waals surface area contributed by atoms with Crippen molar-refractivity contribution in [1.82, 2.24) is 10.6 Å². The monoisotopic (exact) mass is 378 g/mol. The van der Waals surface area contributed by atoms with Crippen LogP contribution in [-0.2, 0) is 6.61 Å². The molecule has 1 aliphatic heterocycles. The van der Waals surface area contributed by atoms with E-state index in [1.165, 1.54) is 5.39 Å². The number of benzene rings is 2. The van der Waals surface area contributed by atoms with Gasteiger partial charge < -0.3 is 19.8 Å². The van der Waals surface area contributed by atoms with Crippen LogP contribution in [0.5, 0.6) is 5.75 Å². The highest BCUT2D eigenvalue weighted by molar-refractivity contribution is 5.91. The fourth-order valence-electron chi connectivity index (χ4n) is 3.58. The molecule has 1 aliphatic rings. The summed E-state index contributed by atoms with van der Waals surface area (Å²) in [6, 6.07) is 17.6. The fourth-order valence-corrected chi connectivity index (χ4v) is 3.58. The fraction of sp³-hybridized carbons (Fsp3) is 0.348. The Bertz CT molecular complexity index is 957. The molecule has 0 atom stereocenters. The number of fused-ring (bicyclic) bond motifs is 1. The molecule has 1 fully saturated rings. The van der Waals surface area contributed by atoms with Gasteiger partial charge >= 0.3 is 0 Å². The molecule has 5 nitrogen and oxygen atoms in total. The molecular weight excluding hydrogens is 352 g/mol. The Hall–Kier alpha value is -2.79. The lowest BCUT2D eigenvalue weighted by Crippen LogP contribution is -2.42. The first kappa shape index (κ1) is 18.6. The van der Waals surface area contributed by atoms with Gasteiger partial charge in [0.25, 0.3) is 5.91 Å². The average molecular weight is 378 g/mol. The van der Waals surface area contributed by atoms with Crippen LogP contribution in [-0.4, -0.2) is 25.5 Å². The standard InChI is InChI=1S/C23H26N2O3/c1-23(10-12-24-13-11-23)16-25-22(26)21-9-8-20(28-21)15-27-19-7-6-17-4-2-3-5-18(17)14-19/h2-9,14,24H,10-13,15-16H2,1H3,(H,25,26). The maximum absolute atomic E-state index is 12.4. The molecule has 1 saturated heterocycles. The third-order valence-corrected chi connectivity index (χ3v) is 5.47. The van der Waals surface area contributed by atoms with Gasteiger partial charge in [-0.3, -0.25) is 4.79 Å². The second kappa shape index (κ2) is 8.07. The van der Waals surface area contributed by atoms with E-state index in [0.717, 1.165) is 37.1 Å². The van der Waals surface area contributed by atoms with Crippen LogP contribution < -0.4 is 15.4 Å². The van der Waals surface area contributed by atoms with E-state index in [0.29, 0.717) is 18.1 Å². The van der Waals surface area contributed by atoms with Crippen molar-refractivity contribution in [2.24, 2.45) is 5.41 Å². The number of carbonyl (C=O) groups excluding carboxylic acids is 1. The first-order valence-corrected chi connectivity index (χ1v) is 9.81. The van der Waals surface area contributed by atoms with Crippen molar-refractivity contribution in [3.05, 3.63) is 66.1 Å². The Morgan fingerprint density at radius 1 is 1.11 bits per heavy atom. The number of amides is 1. The molecule has 0 spiro atoms. The van der Waals surface area contributed by atoms with Gasteiger partial charge in [0.15, 0.2) is 5.76 Å². The second-order valence-electron chi connectivity index (χ2n) is 7.81. The van der Waals surface area contributed by atoms with Gasteiger partial charge in [-0.15, -0.1) is 0 Å². The molecule has 0 bridgehead atoms. The van der Waals surface area contributed by atoms with Crippen LogP contribution >= 0.6 is 0 Å². The highest BCUT2D eigenvalue weighted by Crippen LogP contribution is 2.27. The zero-order chi connectivity index (χ0) is 19.4. The third kappa shape index (κ3) is 4.37. The topological polar surface area (TPSA) is 63.5 Å². The molecular formula is C23H26N2O3. The molecule has 1 aromatic heterocycles. The van der Waals surface area contributed by atoms with Gasteiger partial charge in [-0.1, -0.05) is 37.3 Å². The summed E-state index contributed by atoms with van der Waals surface area (Å²) in [4.78, 5) is 12.4. The van der Waals surface area contributed by atoms with Crippen molar-refractivity contribution in [3.8, 4) is 5.75 Å². The number of hydrogen-bond donors (Lipinski definition) is 2. The number of rotatable bonds is 6. The van der Waals surface area contributed by atoms with Gasteiger partial charge in [0.2, 0.25) is 0 Å².